The second kappa shape index (κ2) is 2.67. The van der Waals surface area contributed by atoms with Gasteiger partial charge in [-0.1, -0.05) is 13.0 Å². The number of ether oxygens (including phenoxy) is 1. The zero-order valence-corrected chi connectivity index (χ0v) is 5.52. The summed E-state index contributed by atoms with van der Waals surface area (Å²) in [5.41, 5.74) is 1.25. The second-order valence-corrected chi connectivity index (χ2v) is 2.08. The highest BCUT2D eigenvalue weighted by Crippen LogP contribution is 2.17. The third-order valence-corrected chi connectivity index (χ3v) is 1.20. The van der Waals surface area contributed by atoms with Gasteiger partial charge in [-0.05, 0) is 12.0 Å². The van der Waals surface area contributed by atoms with Crippen molar-refractivity contribution in [3.8, 4) is 0 Å². The highest BCUT2D eigenvalue weighted by molar-refractivity contribution is 5.69. The van der Waals surface area contributed by atoms with Crippen LogP contribution in [0, 0.1) is 0 Å². The lowest BCUT2D eigenvalue weighted by molar-refractivity contribution is -0.142. The molecule has 2 nitrogen and oxygen atoms in total. The van der Waals surface area contributed by atoms with E-state index in [1.165, 1.54) is 5.57 Å². The first-order valence-electron chi connectivity index (χ1n) is 3.16. The van der Waals surface area contributed by atoms with Crippen molar-refractivity contribution in [1.29, 1.82) is 0 Å². The summed E-state index contributed by atoms with van der Waals surface area (Å²) < 4.78 is 4.81. The van der Waals surface area contributed by atoms with E-state index >= 15 is 0 Å². The molecule has 0 saturated heterocycles. The lowest BCUT2D eigenvalue weighted by Crippen LogP contribution is -2.02. The van der Waals surface area contributed by atoms with Gasteiger partial charge in [0.15, 0.2) is 0 Å². The molecular formula is C7H10O2. The number of carbonyl (C=O) groups is 1. The summed E-state index contributed by atoms with van der Waals surface area (Å²) in [6.45, 7) is 2.32. The fourth-order valence-corrected chi connectivity index (χ4v) is 0.465. The molecule has 1 aliphatic rings. The zero-order chi connectivity index (χ0) is 6.69. The Kier molecular flexibility index (Phi) is 1.88. The molecule has 0 aromatic rings. The van der Waals surface area contributed by atoms with Gasteiger partial charge in [0.25, 0.3) is 0 Å². The monoisotopic (exact) mass is 126 g/mol. The summed E-state index contributed by atoms with van der Waals surface area (Å²) in [4.78, 5) is 10.5. The number of hydrogen-bond acceptors (Lipinski definition) is 2. The first-order chi connectivity index (χ1) is 4.33. The van der Waals surface area contributed by atoms with Crippen LogP contribution in [-0.2, 0) is 9.53 Å². The first-order valence-corrected chi connectivity index (χ1v) is 3.16. The molecule has 0 fully saturated rings. The molecule has 1 rings (SSSR count). The van der Waals surface area contributed by atoms with E-state index in [1.54, 1.807) is 6.92 Å². The van der Waals surface area contributed by atoms with E-state index < -0.39 is 0 Å². The van der Waals surface area contributed by atoms with Gasteiger partial charge in [-0.3, -0.25) is 4.79 Å². The van der Waals surface area contributed by atoms with Crippen LogP contribution in [0.25, 0.3) is 0 Å². The molecule has 0 aromatic heterocycles. The summed E-state index contributed by atoms with van der Waals surface area (Å²) >= 11 is 0. The molecule has 0 saturated carbocycles. The summed E-state index contributed by atoms with van der Waals surface area (Å²) in [7, 11) is 0. The van der Waals surface area contributed by atoms with Crippen molar-refractivity contribution in [1.82, 2.24) is 0 Å². The second-order valence-electron chi connectivity index (χ2n) is 2.08. The molecule has 1 aliphatic carbocycles. The fraction of sp³-hybridized carbons (Fsp3) is 0.571. The van der Waals surface area contributed by atoms with E-state index in [0.29, 0.717) is 13.0 Å². The van der Waals surface area contributed by atoms with E-state index in [2.05, 4.69) is 6.08 Å². The van der Waals surface area contributed by atoms with Crippen molar-refractivity contribution in [3.05, 3.63) is 11.6 Å². The third-order valence-electron chi connectivity index (χ3n) is 1.20. The molecule has 9 heavy (non-hydrogen) atoms. The molecule has 2 heteroatoms. The average molecular weight is 126 g/mol. The molecule has 0 N–H and O–H groups in total. The van der Waals surface area contributed by atoms with E-state index in [9.17, 15) is 4.79 Å². The van der Waals surface area contributed by atoms with Gasteiger partial charge in [-0.2, -0.15) is 0 Å². The summed E-state index contributed by atoms with van der Waals surface area (Å²) in [5.74, 6) is -0.109. The summed E-state index contributed by atoms with van der Waals surface area (Å²) in [6, 6.07) is 0. The Morgan fingerprint density at radius 3 is 3.00 bits per heavy atom. The molecule has 0 unspecified atom stereocenters. The minimum atomic E-state index is -0.109. The van der Waals surface area contributed by atoms with Crippen LogP contribution < -0.4 is 0 Å². The van der Waals surface area contributed by atoms with Crippen LogP contribution in [0.2, 0.25) is 0 Å². The Hall–Kier alpha value is -0.790. The van der Waals surface area contributed by atoms with Gasteiger partial charge in [-0.15, -0.1) is 0 Å². The maximum atomic E-state index is 10.5. The zero-order valence-electron chi connectivity index (χ0n) is 5.52. The van der Waals surface area contributed by atoms with Gasteiger partial charge in [-0.25, -0.2) is 0 Å². The van der Waals surface area contributed by atoms with Gasteiger partial charge >= 0.3 is 5.97 Å². The number of rotatable bonds is 3. The van der Waals surface area contributed by atoms with Crippen LogP contribution in [0.1, 0.15) is 19.8 Å². The summed E-state index contributed by atoms with van der Waals surface area (Å²) in [5, 5.41) is 0. The Labute approximate surface area is 54.5 Å². The van der Waals surface area contributed by atoms with Gasteiger partial charge in [0, 0.05) is 6.42 Å². The van der Waals surface area contributed by atoms with Crippen LogP contribution in [0.3, 0.4) is 0 Å². The predicted octanol–water partition coefficient (Wildman–Crippen LogP) is 1.27. The maximum absolute atomic E-state index is 10.5. The number of carbonyl (C=O) groups excluding carboxylic acids is 1. The van der Waals surface area contributed by atoms with Gasteiger partial charge in [0.2, 0.25) is 0 Å². The average Bonchev–Trinajstić information content (AvgIpc) is 2.65. The van der Waals surface area contributed by atoms with Gasteiger partial charge < -0.3 is 4.74 Å². The van der Waals surface area contributed by atoms with E-state index in [-0.39, 0.29) is 5.97 Å². The van der Waals surface area contributed by atoms with Crippen LogP contribution in [-0.4, -0.2) is 12.6 Å². The highest BCUT2D eigenvalue weighted by Gasteiger charge is 2.08. The van der Waals surface area contributed by atoms with Crippen molar-refractivity contribution >= 4 is 5.97 Å². The molecular weight excluding hydrogens is 116 g/mol. The smallest absolute Gasteiger partial charge is 0.305 e. The highest BCUT2D eigenvalue weighted by atomic mass is 16.5. The van der Waals surface area contributed by atoms with E-state index in [0.717, 1.165) is 6.42 Å². The van der Waals surface area contributed by atoms with Crippen LogP contribution in [0.5, 0.6) is 0 Å². The fourth-order valence-electron chi connectivity index (χ4n) is 0.465. The van der Waals surface area contributed by atoms with Crippen molar-refractivity contribution in [2.75, 3.05) is 6.61 Å². The largest absolute Gasteiger partial charge is 0.461 e. The molecule has 0 amide bonds. The van der Waals surface area contributed by atoms with Crippen LogP contribution >= 0.6 is 0 Å². The molecule has 0 radical (unpaired) electrons. The number of esters is 1. The minimum Gasteiger partial charge on any atom is -0.461 e. The number of hydrogen-bond donors (Lipinski definition) is 0. The standard InChI is InChI=1S/C7H10O2/c1-2-7(8)9-5-6-3-4-6/h3H,2,4-5H2,1H3. The predicted molar refractivity (Wildman–Crippen MR) is 33.9 cm³/mol. The number of allylic oxidation sites excluding steroid dienone is 1. The molecule has 0 heterocycles. The van der Waals surface area contributed by atoms with Gasteiger partial charge in [0.05, 0.1) is 0 Å². The molecule has 0 bridgehead atoms. The SMILES string of the molecule is CCC(=O)OCC1=CC1. The van der Waals surface area contributed by atoms with Crippen molar-refractivity contribution in [2.24, 2.45) is 0 Å². The molecule has 0 spiro atoms. The van der Waals surface area contributed by atoms with Crippen molar-refractivity contribution in [3.63, 3.8) is 0 Å². The van der Waals surface area contributed by atoms with Crippen molar-refractivity contribution in [2.45, 2.75) is 19.8 Å². The lowest BCUT2D eigenvalue weighted by atomic mass is 10.5. The minimum absolute atomic E-state index is 0.109. The molecule has 50 valence electrons. The van der Waals surface area contributed by atoms with Crippen LogP contribution in [0.4, 0.5) is 0 Å². The Morgan fingerprint density at radius 2 is 2.56 bits per heavy atom. The van der Waals surface area contributed by atoms with E-state index in [1.807, 2.05) is 0 Å². The van der Waals surface area contributed by atoms with E-state index in [4.69, 9.17) is 4.74 Å². The van der Waals surface area contributed by atoms with Gasteiger partial charge in [0.1, 0.15) is 6.61 Å². The maximum Gasteiger partial charge on any atom is 0.305 e. The third kappa shape index (κ3) is 2.31. The Morgan fingerprint density at radius 1 is 1.89 bits per heavy atom. The lowest BCUT2D eigenvalue weighted by Gasteiger charge is -1.96. The molecule has 0 atom stereocenters. The topological polar surface area (TPSA) is 26.3 Å². The Bertz CT molecular complexity index is 147. The quantitative estimate of drug-likeness (QED) is 0.420. The first kappa shape index (κ1) is 6.33. The van der Waals surface area contributed by atoms with Crippen LogP contribution in [0.15, 0.2) is 11.6 Å². The molecule has 0 aliphatic heterocycles. The normalized spacial score (nSPS) is 14.6. The summed E-state index contributed by atoms with van der Waals surface area (Å²) in [6.07, 6.45) is 3.58. The van der Waals surface area contributed by atoms with Crippen molar-refractivity contribution < 1.29 is 9.53 Å². The molecule has 0 aromatic carbocycles. The Balaban J connectivity index is 2.03.